The first-order valence-electron chi connectivity index (χ1n) is 7.29. The van der Waals surface area contributed by atoms with Gasteiger partial charge in [-0.05, 0) is 0 Å². The molecule has 0 amide bonds. The fourth-order valence-corrected chi connectivity index (χ4v) is 7.84. The average molecular weight is 417 g/mol. The predicted molar refractivity (Wildman–Crippen MR) is 114 cm³/mol. The van der Waals surface area contributed by atoms with Crippen LogP contribution in [0, 0.1) is 0 Å². The third-order valence-electron chi connectivity index (χ3n) is 2.54. The number of hydrogen-bond acceptors (Lipinski definition) is 8. The Kier molecular flexibility index (Phi) is 15.6. The monoisotopic (exact) mass is 416 g/mol. The number of carbonyl (C=O) groups excluding carboxylic acids is 2. The van der Waals surface area contributed by atoms with Gasteiger partial charge in [-0.3, -0.25) is 9.59 Å². The van der Waals surface area contributed by atoms with E-state index >= 15 is 0 Å². The van der Waals surface area contributed by atoms with E-state index in [-0.39, 0.29) is 0 Å². The maximum Gasteiger partial charge on any atom is 0.152 e. The van der Waals surface area contributed by atoms with Gasteiger partial charge in [0.25, 0.3) is 0 Å². The molecule has 0 N–H and O–H groups in total. The number of rotatable bonds is 0. The van der Waals surface area contributed by atoms with Gasteiger partial charge < -0.3 is 0 Å². The average Bonchev–Trinajstić information content (AvgIpc) is 2.50. The van der Waals surface area contributed by atoms with Crippen LogP contribution in [-0.4, -0.2) is 80.6 Å². The molecule has 0 radical (unpaired) electrons. The van der Waals surface area contributed by atoms with Crippen molar-refractivity contribution >= 4 is 82.1 Å². The molecule has 0 aliphatic carbocycles. The highest BCUT2D eigenvalue weighted by Crippen LogP contribution is 2.14. The highest BCUT2D eigenvalue weighted by atomic mass is 32.2. The lowest BCUT2D eigenvalue weighted by Crippen LogP contribution is -2.08. The van der Waals surface area contributed by atoms with Gasteiger partial charge in [0.15, 0.2) is 11.6 Å². The van der Waals surface area contributed by atoms with Gasteiger partial charge in [0.1, 0.15) is 0 Å². The molecule has 0 aromatic heterocycles. The molecule has 0 bridgehead atoms. The van der Waals surface area contributed by atoms with E-state index in [2.05, 4.69) is 0 Å². The lowest BCUT2D eigenvalue weighted by molar-refractivity contribution is -0.115. The molecule has 1 fully saturated rings. The molecule has 128 valence electrons. The number of carbonyl (C=O) groups is 2. The highest BCUT2D eigenvalue weighted by molar-refractivity contribution is 8.06. The summed E-state index contributed by atoms with van der Waals surface area (Å²) in [7, 11) is 0. The van der Waals surface area contributed by atoms with Crippen molar-refractivity contribution in [2.75, 3.05) is 69.0 Å². The largest absolute Gasteiger partial charge is 0.298 e. The van der Waals surface area contributed by atoms with Crippen molar-refractivity contribution in [3.8, 4) is 0 Å². The van der Waals surface area contributed by atoms with Crippen LogP contribution in [0.15, 0.2) is 0 Å². The third kappa shape index (κ3) is 13.8. The van der Waals surface area contributed by atoms with Crippen molar-refractivity contribution in [2.24, 2.45) is 0 Å². The molecular weight excluding hydrogens is 393 g/mol. The van der Waals surface area contributed by atoms with E-state index < -0.39 is 0 Å². The topological polar surface area (TPSA) is 34.1 Å². The molecule has 0 aromatic rings. The van der Waals surface area contributed by atoms with Crippen LogP contribution in [0.4, 0.5) is 0 Å². The minimum absolute atomic E-state index is 0.379. The summed E-state index contributed by atoms with van der Waals surface area (Å²) in [6.07, 6.45) is 0. The summed E-state index contributed by atoms with van der Waals surface area (Å²) in [6, 6.07) is 0. The van der Waals surface area contributed by atoms with Crippen molar-refractivity contribution in [1.82, 2.24) is 0 Å². The zero-order chi connectivity index (χ0) is 15.9. The Balaban J connectivity index is 2.17. The molecule has 1 aliphatic heterocycles. The van der Waals surface area contributed by atoms with Crippen molar-refractivity contribution in [3.05, 3.63) is 0 Å². The molecule has 1 aliphatic rings. The second-order valence-corrected chi connectivity index (χ2v) is 11.4. The Morgan fingerprint density at radius 3 is 0.909 bits per heavy atom. The zero-order valence-electron chi connectivity index (χ0n) is 12.8. The minimum atomic E-state index is 0.379. The summed E-state index contributed by atoms with van der Waals surface area (Å²) in [5.74, 6) is 12.1. The molecule has 1 rings (SSSR count). The van der Waals surface area contributed by atoms with Gasteiger partial charge in [-0.2, -0.15) is 70.6 Å². The lowest BCUT2D eigenvalue weighted by atomic mass is 10.5. The van der Waals surface area contributed by atoms with E-state index in [1.165, 1.54) is 0 Å². The van der Waals surface area contributed by atoms with Crippen LogP contribution in [0.5, 0.6) is 0 Å². The smallest absolute Gasteiger partial charge is 0.152 e. The molecule has 22 heavy (non-hydrogen) atoms. The Labute approximate surface area is 160 Å². The van der Waals surface area contributed by atoms with Crippen LogP contribution in [0.1, 0.15) is 0 Å². The minimum Gasteiger partial charge on any atom is -0.298 e. The Morgan fingerprint density at radius 1 is 0.409 bits per heavy atom. The zero-order valence-corrected chi connectivity index (χ0v) is 17.7. The Bertz CT molecular complexity index is 260. The summed E-state index contributed by atoms with van der Waals surface area (Å²) in [4.78, 5) is 23.4. The van der Waals surface area contributed by atoms with E-state index in [1.807, 2.05) is 23.5 Å². The first-order valence-corrected chi connectivity index (χ1v) is 14.2. The quantitative estimate of drug-likeness (QED) is 0.593. The van der Waals surface area contributed by atoms with Crippen LogP contribution in [0.3, 0.4) is 0 Å². The number of thioether (sulfide) groups is 6. The van der Waals surface area contributed by atoms with Crippen LogP contribution >= 0.6 is 70.6 Å². The predicted octanol–water partition coefficient (Wildman–Crippen LogP) is 3.54. The summed E-state index contributed by atoms with van der Waals surface area (Å²) in [6.45, 7) is 0. The third-order valence-corrected chi connectivity index (χ3v) is 9.62. The van der Waals surface area contributed by atoms with Gasteiger partial charge in [-0.1, -0.05) is 0 Å². The van der Waals surface area contributed by atoms with Gasteiger partial charge in [0, 0.05) is 46.0 Å². The summed E-state index contributed by atoms with van der Waals surface area (Å²) in [5, 5.41) is 0. The van der Waals surface area contributed by atoms with Gasteiger partial charge in [0.05, 0.1) is 23.0 Å². The molecule has 0 spiro atoms. The van der Waals surface area contributed by atoms with Crippen molar-refractivity contribution in [3.63, 3.8) is 0 Å². The molecule has 0 aromatic carbocycles. The lowest BCUT2D eigenvalue weighted by Gasteiger charge is -2.05. The highest BCUT2D eigenvalue weighted by Gasteiger charge is 2.05. The van der Waals surface area contributed by atoms with E-state index in [0.717, 1.165) is 46.0 Å². The summed E-state index contributed by atoms with van der Waals surface area (Å²) in [5.41, 5.74) is 0. The van der Waals surface area contributed by atoms with Gasteiger partial charge >= 0.3 is 0 Å². The molecule has 1 heterocycles. The van der Waals surface area contributed by atoms with E-state index in [4.69, 9.17) is 0 Å². The van der Waals surface area contributed by atoms with Crippen LogP contribution in [0.25, 0.3) is 0 Å². The molecule has 0 saturated carbocycles. The normalized spacial score (nSPS) is 23.1. The summed E-state index contributed by atoms with van der Waals surface area (Å²) >= 11 is 10.9. The van der Waals surface area contributed by atoms with Gasteiger partial charge in [-0.25, -0.2) is 0 Å². The first kappa shape index (κ1) is 21.5. The van der Waals surface area contributed by atoms with Crippen LogP contribution in [-0.2, 0) is 9.59 Å². The Hall–Kier alpha value is 1.44. The molecule has 8 heteroatoms. The fraction of sp³-hybridized carbons (Fsp3) is 0.857. The molecule has 0 unspecified atom stereocenters. The summed E-state index contributed by atoms with van der Waals surface area (Å²) < 4.78 is 0. The van der Waals surface area contributed by atoms with E-state index in [9.17, 15) is 9.59 Å². The molecule has 0 atom stereocenters. The maximum absolute atomic E-state index is 11.7. The number of hydrogen-bond donors (Lipinski definition) is 0. The standard InChI is InChI=1S/C14H24O2S6/c15-13-9-19-5-1-17-2-6-20-11-14(16)12-22-8-4-18-3-7-21-10-13/h1-12H2. The number of ketones is 2. The van der Waals surface area contributed by atoms with Crippen molar-refractivity contribution < 1.29 is 9.59 Å². The molecule has 2 nitrogen and oxygen atoms in total. The van der Waals surface area contributed by atoms with Crippen molar-refractivity contribution in [1.29, 1.82) is 0 Å². The fourth-order valence-electron chi connectivity index (χ4n) is 1.50. The second-order valence-electron chi connectivity index (χ2n) is 4.51. The molecule has 1 saturated heterocycles. The first-order chi connectivity index (χ1) is 10.8. The van der Waals surface area contributed by atoms with Gasteiger partial charge in [0.2, 0.25) is 0 Å². The van der Waals surface area contributed by atoms with Gasteiger partial charge in [-0.15, -0.1) is 0 Å². The van der Waals surface area contributed by atoms with Crippen LogP contribution < -0.4 is 0 Å². The van der Waals surface area contributed by atoms with E-state index in [0.29, 0.717) is 34.6 Å². The van der Waals surface area contributed by atoms with Crippen LogP contribution in [0.2, 0.25) is 0 Å². The molecular formula is C14H24O2S6. The number of Topliss-reactive ketones (excluding diaryl/α,β-unsaturated/α-hetero) is 2. The van der Waals surface area contributed by atoms with Crippen molar-refractivity contribution in [2.45, 2.75) is 0 Å². The Morgan fingerprint density at radius 2 is 0.636 bits per heavy atom. The van der Waals surface area contributed by atoms with E-state index in [1.54, 1.807) is 47.0 Å². The second kappa shape index (κ2) is 15.9. The maximum atomic E-state index is 11.7. The SMILES string of the molecule is O=C1CSCCSCCSCC(=O)CSCCSCCSC1.